The standard InChI is InChI=1S/C18H18Cl2N4O2/c19-14-3-2-13-15(24-6-4-21-11-24)8-16(22-18(13)17(14)20)23-5-1-7-26-12(9-23)10-25/h2-4,6,8,11-12,25H,1,5,7,9-10H2. The summed E-state index contributed by atoms with van der Waals surface area (Å²) in [5.74, 6) is 0.773. The quantitative estimate of drug-likeness (QED) is 0.740. The van der Waals surface area contributed by atoms with Crippen molar-refractivity contribution in [3.8, 4) is 5.69 Å². The van der Waals surface area contributed by atoms with E-state index in [4.69, 9.17) is 32.9 Å². The number of halogens is 2. The van der Waals surface area contributed by atoms with Crippen LogP contribution in [0.3, 0.4) is 0 Å². The van der Waals surface area contributed by atoms with Crippen LogP contribution in [-0.2, 0) is 4.74 Å². The fourth-order valence-electron chi connectivity index (χ4n) is 3.19. The molecular weight excluding hydrogens is 375 g/mol. The molecule has 6 nitrogen and oxygen atoms in total. The molecule has 1 aliphatic rings. The molecule has 2 aromatic heterocycles. The molecule has 0 spiro atoms. The Morgan fingerprint density at radius 1 is 1.31 bits per heavy atom. The number of imidazole rings is 1. The third-order valence-corrected chi connectivity index (χ3v) is 5.29. The van der Waals surface area contributed by atoms with Crippen LogP contribution in [0.15, 0.2) is 36.9 Å². The van der Waals surface area contributed by atoms with Crippen molar-refractivity contribution in [1.29, 1.82) is 0 Å². The van der Waals surface area contributed by atoms with Gasteiger partial charge >= 0.3 is 0 Å². The molecule has 0 saturated carbocycles. The summed E-state index contributed by atoms with van der Waals surface area (Å²) in [5, 5.41) is 11.3. The molecule has 1 atom stereocenters. The fourth-order valence-corrected chi connectivity index (χ4v) is 3.55. The molecule has 1 N–H and O–H groups in total. The van der Waals surface area contributed by atoms with E-state index in [0.717, 1.165) is 29.9 Å². The third-order valence-electron chi connectivity index (χ3n) is 4.50. The monoisotopic (exact) mass is 392 g/mol. The van der Waals surface area contributed by atoms with Crippen molar-refractivity contribution >= 4 is 39.9 Å². The van der Waals surface area contributed by atoms with Crippen LogP contribution in [0.5, 0.6) is 0 Å². The minimum absolute atomic E-state index is 0.0228. The minimum atomic E-state index is -0.235. The van der Waals surface area contributed by atoms with E-state index in [1.807, 2.05) is 22.9 Å². The second kappa shape index (κ2) is 7.40. The number of hydrogen-bond acceptors (Lipinski definition) is 5. The summed E-state index contributed by atoms with van der Waals surface area (Å²) in [6, 6.07) is 5.70. The second-order valence-corrected chi connectivity index (χ2v) is 6.99. The fraction of sp³-hybridized carbons (Fsp3) is 0.333. The molecule has 3 heterocycles. The number of aromatic nitrogens is 3. The number of hydrogen-bond donors (Lipinski definition) is 1. The van der Waals surface area contributed by atoms with Crippen LogP contribution in [-0.4, -0.2) is 52.0 Å². The highest BCUT2D eigenvalue weighted by molar-refractivity contribution is 6.45. The van der Waals surface area contributed by atoms with Gasteiger partial charge in [0, 0.05) is 43.5 Å². The molecular formula is C18H18Cl2N4O2. The summed E-state index contributed by atoms with van der Waals surface area (Å²) < 4.78 is 7.58. The number of pyridine rings is 1. The lowest BCUT2D eigenvalue weighted by Crippen LogP contribution is -2.34. The van der Waals surface area contributed by atoms with Crippen LogP contribution < -0.4 is 4.90 Å². The maximum atomic E-state index is 9.51. The van der Waals surface area contributed by atoms with E-state index in [0.29, 0.717) is 28.7 Å². The van der Waals surface area contributed by atoms with Gasteiger partial charge in [0.15, 0.2) is 0 Å². The number of aliphatic hydroxyl groups excluding tert-OH is 1. The number of benzene rings is 1. The Balaban J connectivity index is 1.88. The maximum absolute atomic E-state index is 9.51. The molecule has 0 radical (unpaired) electrons. The smallest absolute Gasteiger partial charge is 0.131 e. The van der Waals surface area contributed by atoms with Crippen LogP contribution in [0.1, 0.15) is 6.42 Å². The molecule has 1 saturated heterocycles. The molecule has 1 unspecified atom stereocenters. The zero-order valence-corrected chi connectivity index (χ0v) is 15.5. The third kappa shape index (κ3) is 3.25. The predicted octanol–water partition coefficient (Wildman–Crippen LogP) is 3.31. The van der Waals surface area contributed by atoms with Crippen LogP contribution in [0.4, 0.5) is 5.82 Å². The Bertz CT molecular complexity index is 917. The zero-order valence-electron chi connectivity index (χ0n) is 14.0. The number of fused-ring (bicyclic) bond motifs is 1. The maximum Gasteiger partial charge on any atom is 0.131 e. The van der Waals surface area contributed by atoms with Crippen molar-refractivity contribution in [3.05, 3.63) is 47.0 Å². The van der Waals surface area contributed by atoms with Gasteiger partial charge in [-0.3, -0.25) is 0 Å². The molecule has 1 fully saturated rings. The van der Waals surface area contributed by atoms with Gasteiger partial charge in [-0.1, -0.05) is 23.2 Å². The van der Waals surface area contributed by atoms with E-state index in [2.05, 4.69) is 9.88 Å². The van der Waals surface area contributed by atoms with Gasteiger partial charge in [-0.25, -0.2) is 9.97 Å². The van der Waals surface area contributed by atoms with Gasteiger partial charge in [-0.05, 0) is 18.6 Å². The zero-order chi connectivity index (χ0) is 18.1. The largest absolute Gasteiger partial charge is 0.394 e. The predicted molar refractivity (Wildman–Crippen MR) is 103 cm³/mol. The molecule has 1 aliphatic heterocycles. The lowest BCUT2D eigenvalue weighted by molar-refractivity contribution is 0.0266. The normalized spacial score (nSPS) is 18.3. The number of aliphatic hydroxyl groups is 1. The lowest BCUT2D eigenvalue weighted by Gasteiger charge is -2.25. The molecule has 3 aromatic rings. The van der Waals surface area contributed by atoms with Crippen LogP contribution in [0.25, 0.3) is 16.6 Å². The number of rotatable bonds is 3. The number of anilines is 1. The van der Waals surface area contributed by atoms with E-state index in [9.17, 15) is 5.11 Å². The van der Waals surface area contributed by atoms with Crippen molar-refractivity contribution in [2.75, 3.05) is 31.2 Å². The van der Waals surface area contributed by atoms with Gasteiger partial charge in [0.05, 0.1) is 40.3 Å². The highest BCUT2D eigenvalue weighted by Crippen LogP contribution is 2.35. The molecule has 0 amide bonds. The Labute approximate surface area is 160 Å². The Morgan fingerprint density at radius 2 is 2.19 bits per heavy atom. The average Bonchev–Trinajstić information content (AvgIpc) is 3.08. The van der Waals surface area contributed by atoms with E-state index in [-0.39, 0.29) is 12.7 Å². The SMILES string of the molecule is OCC1CN(c2cc(-n3ccnc3)c3ccc(Cl)c(Cl)c3n2)CCCO1. The molecule has 136 valence electrons. The first-order chi connectivity index (χ1) is 12.7. The average molecular weight is 393 g/mol. The summed E-state index contributed by atoms with van der Waals surface area (Å²) in [5.41, 5.74) is 1.57. The van der Waals surface area contributed by atoms with E-state index in [1.165, 1.54) is 0 Å². The molecule has 1 aromatic carbocycles. The highest BCUT2D eigenvalue weighted by Gasteiger charge is 2.21. The van der Waals surface area contributed by atoms with Crippen molar-refractivity contribution < 1.29 is 9.84 Å². The highest BCUT2D eigenvalue weighted by atomic mass is 35.5. The first-order valence-electron chi connectivity index (χ1n) is 8.42. The Morgan fingerprint density at radius 3 is 2.96 bits per heavy atom. The van der Waals surface area contributed by atoms with Crippen molar-refractivity contribution in [1.82, 2.24) is 14.5 Å². The summed E-state index contributed by atoms with van der Waals surface area (Å²) >= 11 is 12.7. The summed E-state index contributed by atoms with van der Waals surface area (Å²) in [4.78, 5) is 11.0. The van der Waals surface area contributed by atoms with Crippen LogP contribution >= 0.6 is 23.2 Å². The van der Waals surface area contributed by atoms with E-state index in [1.54, 1.807) is 18.6 Å². The second-order valence-electron chi connectivity index (χ2n) is 6.20. The molecule has 4 rings (SSSR count). The number of ether oxygens (including phenoxy) is 1. The minimum Gasteiger partial charge on any atom is -0.394 e. The Hall–Kier alpha value is -1.86. The summed E-state index contributed by atoms with van der Waals surface area (Å²) in [7, 11) is 0. The van der Waals surface area contributed by atoms with Gasteiger partial charge < -0.3 is 19.3 Å². The van der Waals surface area contributed by atoms with E-state index >= 15 is 0 Å². The van der Waals surface area contributed by atoms with E-state index < -0.39 is 0 Å². The lowest BCUT2D eigenvalue weighted by atomic mass is 10.1. The number of nitrogens with zero attached hydrogens (tertiary/aromatic N) is 4. The van der Waals surface area contributed by atoms with Gasteiger partial charge in [-0.15, -0.1) is 0 Å². The Kier molecular flexibility index (Phi) is 5.00. The van der Waals surface area contributed by atoms with Gasteiger partial charge in [0.25, 0.3) is 0 Å². The van der Waals surface area contributed by atoms with Crippen molar-refractivity contribution in [2.45, 2.75) is 12.5 Å². The topological polar surface area (TPSA) is 63.4 Å². The first-order valence-corrected chi connectivity index (χ1v) is 9.17. The molecule has 0 aliphatic carbocycles. The molecule has 0 bridgehead atoms. The van der Waals surface area contributed by atoms with Crippen LogP contribution in [0, 0.1) is 0 Å². The van der Waals surface area contributed by atoms with Crippen molar-refractivity contribution in [2.24, 2.45) is 0 Å². The van der Waals surface area contributed by atoms with Crippen LogP contribution in [0.2, 0.25) is 10.0 Å². The van der Waals surface area contributed by atoms with Gasteiger partial charge in [-0.2, -0.15) is 0 Å². The molecule has 8 heteroatoms. The van der Waals surface area contributed by atoms with Gasteiger partial charge in [0.1, 0.15) is 5.82 Å². The van der Waals surface area contributed by atoms with Gasteiger partial charge in [0.2, 0.25) is 0 Å². The van der Waals surface area contributed by atoms with Crippen molar-refractivity contribution in [3.63, 3.8) is 0 Å². The first kappa shape index (κ1) is 17.5. The summed E-state index contributed by atoms with van der Waals surface area (Å²) in [6.07, 6.45) is 5.97. The summed E-state index contributed by atoms with van der Waals surface area (Å²) in [6.45, 7) is 1.95. The molecule has 26 heavy (non-hydrogen) atoms.